The first kappa shape index (κ1) is 23.2. The van der Waals surface area contributed by atoms with E-state index in [-0.39, 0.29) is 16.7 Å². The molecule has 7 heteroatoms. The molecule has 0 radical (unpaired) electrons. The molecule has 1 amide bonds. The Hall–Kier alpha value is -4.00. The molecule has 0 spiro atoms. The number of aliphatic hydroxyl groups is 1. The molecule has 174 valence electrons. The molecule has 1 aliphatic heterocycles. The van der Waals surface area contributed by atoms with Crippen LogP contribution in [0.1, 0.15) is 43.5 Å². The second-order valence-electron chi connectivity index (χ2n) is 9.09. The Morgan fingerprint density at radius 1 is 1.03 bits per heavy atom. The summed E-state index contributed by atoms with van der Waals surface area (Å²) in [6.07, 6.45) is 3.09. The summed E-state index contributed by atoms with van der Waals surface area (Å²) in [5.74, 6) is -2.10. The third-order valence-electron chi connectivity index (χ3n) is 5.89. The predicted octanol–water partition coefficient (Wildman–Crippen LogP) is 5.15. The highest BCUT2D eigenvalue weighted by molar-refractivity contribution is 6.51. The molecule has 1 fully saturated rings. The maximum absolute atomic E-state index is 13.6. The molecule has 4 rings (SSSR count). The van der Waals surface area contributed by atoms with Crippen LogP contribution in [0.5, 0.6) is 5.75 Å². The van der Waals surface area contributed by atoms with Crippen LogP contribution in [0.25, 0.3) is 5.76 Å². The number of hydrogen-bond donors (Lipinski definition) is 1. The fourth-order valence-electron chi connectivity index (χ4n) is 4.07. The third-order valence-corrected chi connectivity index (χ3v) is 5.89. The molecule has 0 saturated carbocycles. The van der Waals surface area contributed by atoms with Crippen LogP contribution in [0.3, 0.4) is 0 Å². The average Bonchev–Trinajstić information content (AvgIpc) is 3.09. The first-order chi connectivity index (χ1) is 16.1. The van der Waals surface area contributed by atoms with Gasteiger partial charge in [0.05, 0.1) is 24.3 Å². The number of amides is 1. The van der Waals surface area contributed by atoms with Gasteiger partial charge in [0.15, 0.2) is 0 Å². The van der Waals surface area contributed by atoms with Crippen molar-refractivity contribution in [3.63, 3.8) is 0 Å². The number of ether oxygens (including phenoxy) is 1. The van der Waals surface area contributed by atoms with Crippen molar-refractivity contribution in [2.24, 2.45) is 0 Å². The Morgan fingerprint density at radius 3 is 2.26 bits per heavy atom. The number of pyridine rings is 1. The zero-order chi connectivity index (χ0) is 24.6. The molecule has 1 aromatic heterocycles. The minimum atomic E-state index is -0.934. The number of nitrogens with zero attached hydrogens (tertiary/aromatic N) is 2. The molecule has 1 unspecified atom stereocenters. The topological polar surface area (TPSA) is 79.7 Å². The van der Waals surface area contributed by atoms with E-state index in [1.807, 2.05) is 26.8 Å². The summed E-state index contributed by atoms with van der Waals surface area (Å²) in [6.45, 7) is 6.09. The van der Waals surface area contributed by atoms with Crippen LogP contribution in [0.15, 0.2) is 72.6 Å². The van der Waals surface area contributed by atoms with E-state index in [0.29, 0.717) is 22.6 Å². The highest BCUT2D eigenvalue weighted by Gasteiger charge is 2.47. The molecule has 1 aliphatic rings. The number of aromatic nitrogens is 1. The summed E-state index contributed by atoms with van der Waals surface area (Å²) in [5.41, 5.74) is 1.83. The fourth-order valence-corrected chi connectivity index (χ4v) is 4.07. The number of anilines is 1. The van der Waals surface area contributed by atoms with E-state index in [4.69, 9.17) is 4.74 Å². The molecule has 1 saturated heterocycles. The minimum absolute atomic E-state index is 0.0788. The van der Waals surface area contributed by atoms with Gasteiger partial charge in [-0.05, 0) is 65.1 Å². The van der Waals surface area contributed by atoms with E-state index in [2.05, 4.69) is 4.98 Å². The van der Waals surface area contributed by atoms with Crippen LogP contribution in [-0.2, 0) is 15.0 Å². The van der Waals surface area contributed by atoms with Crippen molar-refractivity contribution in [2.45, 2.75) is 32.2 Å². The van der Waals surface area contributed by atoms with Crippen molar-refractivity contribution in [2.75, 3.05) is 12.0 Å². The molecule has 1 N–H and O–H groups in total. The molecule has 0 aliphatic carbocycles. The van der Waals surface area contributed by atoms with E-state index in [0.717, 1.165) is 5.56 Å². The Labute approximate surface area is 197 Å². The average molecular weight is 461 g/mol. The van der Waals surface area contributed by atoms with Crippen LogP contribution >= 0.6 is 0 Å². The number of benzene rings is 2. The Morgan fingerprint density at radius 2 is 1.68 bits per heavy atom. The van der Waals surface area contributed by atoms with Gasteiger partial charge in [0, 0.05) is 18.1 Å². The van der Waals surface area contributed by atoms with Gasteiger partial charge in [-0.25, -0.2) is 4.39 Å². The van der Waals surface area contributed by atoms with Gasteiger partial charge in [-0.15, -0.1) is 0 Å². The summed E-state index contributed by atoms with van der Waals surface area (Å²) < 4.78 is 19.0. The lowest BCUT2D eigenvalue weighted by Crippen LogP contribution is -2.29. The lowest BCUT2D eigenvalue weighted by molar-refractivity contribution is -0.132. The molecule has 2 heterocycles. The smallest absolute Gasteiger partial charge is 0.300 e. The third kappa shape index (κ3) is 4.05. The van der Waals surface area contributed by atoms with E-state index in [9.17, 15) is 19.1 Å². The Bertz CT molecular complexity index is 1280. The largest absolute Gasteiger partial charge is 0.507 e. The normalized spacial score (nSPS) is 17.8. The van der Waals surface area contributed by atoms with Gasteiger partial charge in [0.25, 0.3) is 11.7 Å². The van der Waals surface area contributed by atoms with Gasteiger partial charge >= 0.3 is 0 Å². The summed E-state index contributed by atoms with van der Waals surface area (Å²) in [4.78, 5) is 31.8. The molecule has 1 atom stereocenters. The van der Waals surface area contributed by atoms with Crippen molar-refractivity contribution >= 4 is 23.1 Å². The first-order valence-corrected chi connectivity index (χ1v) is 10.8. The van der Waals surface area contributed by atoms with Crippen LogP contribution in [0.4, 0.5) is 10.1 Å². The van der Waals surface area contributed by atoms with E-state index in [1.54, 1.807) is 36.7 Å². The van der Waals surface area contributed by atoms with Crippen molar-refractivity contribution in [3.8, 4) is 5.75 Å². The molecule has 0 bridgehead atoms. The zero-order valence-electron chi connectivity index (χ0n) is 19.4. The van der Waals surface area contributed by atoms with Gasteiger partial charge in [-0.2, -0.15) is 0 Å². The van der Waals surface area contributed by atoms with Crippen LogP contribution in [-0.4, -0.2) is 28.9 Å². The van der Waals surface area contributed by atoms with Gasteiger partial charge in [-0.1, -0.05) is 26.8 Å². The summed E-state index contributed by atoms with van der Waals surface area (Å²) in [5, 5.41) is 11.5. The van der Waals surface area contributed by atoms with Crippen LogP contribution in [0, 0.1) is 5.82 Å². The van der Waals surface area contributed by atoms with Crippen LogP contribution < -0.4 is 9.64 Å². The number of methoxy groups -OCH3 is 1. The quantitative estimate of drug-likeness (QED) is 0.331. The van der Waals surface area contributed by atoms with Crippen molar-refractivity contribution in [1.29, 1.82) is 0 Å². The van der Waals surface area contributed by atoms with Gasteiger partial charge in [0.2, 0.25) is 0 Å². The number of hydrogen-bond acceptors (Lipinski definition) is 5. The van der Waals surface area contributed by atoms with Gasteiger partial charge in [-0.3, -0.25) is 19.5 Å². The minimum Gasteiger partial charge on any atom is -0.507 e. The highest BCUT2D eigenvalue weighted by atomic mass is 19.1. The highest BCUT2D eigenvalue weighted by Crippen LogP contribution is 2.43. The van der Waals surface area contributed by atoms with Crippen molar-refractivity contribution in [3.05, 3.63) is 95.1 Å². The molecule has 3 aromatic rings. The number of halogens is 1. The van der Waals surface area contributed by atoms with Crippen LogP contribution in [0.2, 0.25) is 0 Å². The number of aliphatic hydroxyl groups excluding tert-OH is 1. The molecule has 34 heavy (non-hydrogen) atoms. The van der Waals surface area contributed by atoms with Crippen molar-refractivity contribution < 1.29 is 23.8 Å². The van der Waals surface area contributed by atoms with E-state index in [1.165, 1.54) is 36.3 Å². The van der Waals surface area contributed by atoms with E-state index >= 15 is 0 Å². The maximum atomic E-state index is 13.6. The van der Waals surface area contributed by atoms with Gasteiger partial charge < -0.3 is 9.84 Å². The number of ketones is 1. The Balaban J connectivity index is 1.98. The first-order valence-electron chi connectivity index (χ1n) is 10.8. The molecular formula is C27H25FN2O4. The standard InChI is InChI=1S/C27H25FN2O4/c1-27(2,3)17-5-10-21(34-4)20(15-17)24(31)22-23(16-11-13-29-14-12-16)30(26(33)25(22)32)19-8-6-18(28)7-9-19/h5-15,23,31H,1-4H3/b24-22+. The lowest BCUT2D eigenvalue weighted by atomic mass is 9.85. The van der Waals surface area contributed by atoms with E-state index < -0.39 is 23.5 Å². The number of Topliss-reactive ketones (excluding diaryl/α,β-unsaturated/α-hetero) is 1. The fraction of sp³-hybridized carbons (Fsp3) is 0.222. The second kappa shape index (κ2) is 8.74. The number of carbonyl (C=O) groups is 2. The number of rotatable bonds is 4. The predicted molar refractivity (Wildman–Crippen MR) is 127 cm³/mol. The lowest BCUT2D eigenvalue weighted by Gasteiger charge is -2.26. The zero-order valence-corrected chi connectivity index (χ0v) is 19.4. The summed E-state index contributed by atoms with van der Waals surface area (Å²) >= 11 is 0. The number of carbonyl (C=O) groups excluding carboxylic acids is 2. The summed E-state index contributed by atoms with van der Waals surface area (Å²) in [6, 6.07) is 13.1. The molecule has 6 nitrogen and oxygen atoms in total. The van der Waals surface area contributed by atoms with Gasteiger partial charge in [0.1, 0.15) is 17.3 Å². The Kier molecular flexibility index (Phi) is 5.96. The van der Waals surface area contributed by atoms with Crippen molar-refractivity contribution in [1.82, 2.24) is 4.98 Å². The monoisotopic (exact) mass is 460 g/mol. The maximum Gasteiger partial charge on any atom is 0.300 e. The molecule has 2 aromatic carbocycles. The molecular weight excluding hydrogens is 435 g/mol. The SMILES string of the molecule is COc1ccc(C(C)(C)C)cc1/C(O)=C1\C(=O)C(=O)N(c2ccc(F)cc2)C1c1ccncc1. The summed E-state index contributed by atoms with van der Waals surface area (Å²) in [7, 11) is 1.47. The second-order valence-corrected chi connectivity index (χ2v) is 9.09.